The summed E-state index contributed by atoms with van der Waals surface area (Å²) in [4.78, 5) is 43.9. The number of sulfone groups is 1. The molecule has 0 saturated heterocycles. The molecule has 7 rings (SSSR count). The molecule has 0 radical (unpaired) electrons. The van der Waals surface area contributed by atoms with Crippen LogP contribution in [0, 0.1) is 35.3 Å². The topological polar surface area (TPSA) is 204 Å². The Morgan fingerprint density at radius 3 is 2.15 bits per heavy atom. The third-order valence-corrected chi connectivity index (χ3v) is 15.2. The molecule has 386 valence electrons. The Bertz CT molecular complexity index is 3360. The Morgan fingerprint density at radius 1 is 0.958 bits per heavy atom. The largest absolute Gasteiger partial charge is 0.481 e. The molecular weight excluding hydrogens is 1040 g/mol. The molecule has 1 fully saturated rings. The first-order valence-electron chi connectivity index (χ1n) is 21.1. The lowest BCUT2D eigenvalue weighted by molar-refractivity contribution is -0.143. The number of hydrogen-bond acceptors (Lipinski definition) is 10. The number of hydrogen-bond donors (Lipinski definition) is 2. The number of amides is 2. The Hall–Kier alpha value is -6.27. The van der Waals surface area contributed by atoms with E-state index in [1.165, 1.54) is 13.8 Å². The number of fused-ring (bicyclic) bond motifs is 4. The number of nitrogens with zero attached hydrogens (tertiary/aromatic N) is 6. The van der Waals surface area contributed by atoms with Gasteiger partial charge in [0, 0.05) is 40.8 Å². The summed E-state index contributed by atoms with van der Waals surface area (Å²) in [6.07, 6.45) is -11.0. The van der Waals surface area contributed by atoms with E-state index in [0.717, 1.165) is 49.6 Å². The number of aliphatic carboxylic acids is 1. The lowest BCUT2D eigenvalue weighted by Crippen LogP contribution is -2.40. The minimum absolute atomic E-state index is 0.0302. The number of halogens is 11. The van der Waals surface area contributed by atoms with Crippen LogP contribution in [-0.2, 0) is 65.9 Å². The van der Waals surface area contributed by atoms with Crippen LogP contribution < -0.4 is 9.62 Å². The van der Waals surface area contributed by atoms with Crippen LogP contribution in [0.3, 0.4) is 0 Å². The number of carboxylic acids is 1. The van der Waals surface area contributed by atoms with E-state index in [0.29, 0.717) is 12.3 Å². The summed E-state index contributed by atoms with van der Waals surface area (Å²) < 4.78 is 197. The second-order valence-electron chi connectivity index (χ2n) is 17.9. The van der Waals surface area contributed by atoms with Gasteiger partial charge in [-0.15, -0.1) is 0 Å². The molecule has 2 aliphatic rings. The Morgan fingerprint density at radius 2 is 1.58 bits per heavy atom. The van der Waals surface area contributed by atoms with E-state index in [2.05, 4.69) is 32.3 Å². The number of nitrogens with one attached hydrogen (secondary N) is 1. The molecule has 0 unspecified atom stereocenters. The van der Waals surface area contributed by atoms with Crippen molar-refractivity contribution in [2.75, 3.05) is 16.8 Å². The molecule has 3 aromatic heterocycles. The molecule has 2 aliphatic carbocycles. The highest BCUT2D eigenvalue weighted by Crippen LogP contribution is 2.68. The number of benzene rings is 2. The molecule has 2 amide bonds. The fourth-order valence-electron chi connectivity index (χ4n) is 8.37. The third kappa shape index (κ3) is 10.6. The van der Waals surface area contributed by atoms with E-state index in [4.69, 9.17) is 11.6 Å². The highest BCUT2D eigenvalue weighted by molar-refractivity contribution is 7.93. The van der Waals surface area contributed by atoms with E-state index in [1.807, 2.05) is 0 Å². The van der Waals surface area contributed by atoms with Gasteiger partial charge in [0.1, 0.15) is 40.9 Å². The first kappa shape index (κ1) is 53.5. The van der Waals surface area contributed by atoms with Crippen molar-refractivity contribution < 1.29 is 80.2 Å². The van der Waals surface area contributed by atoms with Gasteiger partial charge in [-0.1, -0.05) is 30.5 Å². The maximum absolute atomic E-state index is 15.6. The second kappa shape index (κ2) is 18.3. The summed E-state index contributed by atoms with van der Waals surface area (Å²) in [6, 6.07) is 4.56. The monoisotopic (exact) mass is 1080 g/mol. The minimum atomic E-state index is -5.24. The average molecular weight is 1080 g/mol. The van der Waals surface area contributed by atoms with Crippen molar-refractivity contribution in [2.45, 2.75) is 88.1 Å². The maximum Gasteiger partial charge on any atom is 0.435 e. The molecule has 72 heavy (non-hydrogen) atoms. The van der Waals surface area contributed by atoms with Crippen LogP contribution in [-0.4, -0.2) is 87.7 Å². The minimum Gasteiger partial charge on any atom is -0.481 e. The number of aromatic nitrogens is 5. The molecule has 4 atom stereocenters. The number of anilines is 1. The van der Waals surface area contributed by atoms with E-state index >= 15 is 8.78 Å². The van der Waals surface area contributed by atoms with Gasteiger partial charge in [0.05, 0.1) is 40.3 Å². The normalized spacial score (nSPS) is 17.4. The molecule has 0 bridgehead atoms. The number of sulfonamides is 1. The van der Waals surface area contributed by atoms with Gasteiger partial charge in [0.25, 0.3) is 5.92 Å². The lowest BCUT2D eigenvalue weighted by Gasteiger charge is -2.23. The van der Waals surface area contributed by atoms with Gasteiger partial charge in [0.2, 0.25) is 21.8 Å². The summed E-state index contributed by atoms with van der Waals surface area (Å²) >= 11 is 6.60. The van der Waals surface area contributed by atoms with E-state index in [9.17, 15) is 71.4 Å². The zero-order chi connectivity index (χ0) is 53.6. The molecule has 3 heterocycles. The number of carbonyl (C=O) groups excluding carboxylic acids is 2. The number of carbonyl (C=O) groups is 3. The standard InChI is InChI=1S/C44H38ClF10N7O8S2/c1-20(12-32(64)65)40(66)62(72(5,69)70)39-34-29(45)9-8-26(36(34)61(59-39)19-42(48,49)50)25-7-6-24(10-11-41(2,3)71(4,67)68)56-35(25)30(15-21-13-22(46)16-23(47)14-21)57-31(63)18-60-38-33(37(58-60)44(53,54)55)27-17-28(27)43(38,51)52/h6-9,13-14,16,20,27-28,30H,12,15,17-19H2,1-5H3,(H,57,63)(H,64,65)/t20-,27+,28-,30+/m1/s1. The van der Waals surface area contributed by atoms with Crippen molar-refractivity contribution in [3.05, 3.63) is 93.0 Å². The number of carboxylic acid groups (broad SMARTS) is 1. The first-order valence-corrected chi connectivity index (χ1v) is 25.2. The quantitative estimate of drug-likeness (QED) is 0.0815. The van der Waals surface area contributed by atoms with Crippen molar-refractivity contribution in [3.8, 4) is 23.0 Å². The second-order valence-corrected chi connectivity index (χ2v) is 22.7. The van der Waals surface area contributed by atoms with Crippen molar-refractivity contribution >= 4 is 66.0 Å². The van der Waals surface area contributed by atoms with E-state index in [1.54, 1.807) is 0 Å². The van der Waals surface area contributed by atoms with Gasteiger partial charge >= 0.3 is 18.3 Å². The summed E-state index contributed by atoms with van der Waals surface area (Å²) in [7, 11) is -8.81. The van der Waals surface area contributed by atoms with Gasteiger partial charge < -0.3 is 10.4 Å². The van der Waals surface area contributed by atoms with E-state index in [-0.39, 0.29) is 36.9 Å². The molecule has 0 spiro atoms. The van der Waals surface area contributed by atoms with Crippen LogP contribution >= 0.6 is 11.6 Å². The van der Waals surface area contributed by atoms with Gasteiger partial charge in [0.15, 0.2) is 21.3 Å². The fraction of sp³-hybridized carbons (Fsp3) is 0.409. The van der Waals surface area contributed by atoms with Gasteiger partial charge in [-0.05, 0) is 74.4 Å². The highest BCUT2D eigenvalue weighted by Gasteiger charge is 2.68. The number of alkyl halides is 8. The summed E-state index contributed by atoms with van der Waals surface area (Å²) in [5, 5.41) is 17.8. The molecule has 5 aromatic rings. The molecule has 15 nitrogen and oxygen atoms in total. The Labute approximate surface area is 407 Å². The Kier molecular flexibility index (Phi) is 13.6. The van der Waals surface area contributed by atoms with Crippen LogP contribution in [0.2, 0.25) is 5.02 Å². The van der Waals surface area contributed by atoms with Crippen molar-refractivity contribution in [2.24, 2.45) is 11.8 Å². The predicted molar refractivity (Wildman–Crippen MR) is 236 cm³/mol. The molecule has 2 N–H and O–H groups in total. The molecule has 2 aromatic carbocycles. The summed E-state index contributed by atoms with van der Waals surface area (Å²) in [5.74, 6) is -10.9. The third-order valence-electron chi connectivity index (χ3n) is 11.9. The first-order chi connectivity index (χ1) is 33.0. The average Bonchev–Trinajstić information content (AvgIpc) is 3.73. The van der Waals surface area contributed by atoms with Crippen LogP contribution in [0.4, 0.5) is 49.7 Å². The van der Waals surface area contributed by atoms with Crippen LogP contribution in [0.5, 0.6) is 0 Å². The lowest BCUT2D eigenvalue weighted by atomic mass is 9.93. The van der Waals surface area contributed by atoms with Gasteiger partial charge in [-0.2, -0.15) is 49.6 Å². The number of rotatable bonds is 14. The zero-order valence-electron chi connectivity index (χ0n) is 37.8. The number of pyridine rings is 1. The fourth-order valence-corrected chi connectivity index (χ4v) is 9.80. The van der Waals surface area contributed by atoms with Gasteiger partial charge in [-0.25, -0.2) is 30.6 Å². The smallest absolute Gasteiger partial charge is 0.435 e. The zero-order valence-corrected chi connectivity index (χ0v) is 40.2. The SMILES string of the molecule is C[C@H](CC(=O)O)C(=O)N(c1nn(CC(F)(F)F)c2c(-c3ccc(C#CC(C)(C)S(C)(=O)=O)nc3[C@H](Cc3cc(F)cc(F)c3)NC(=O)Cn3nc(C(F)(F)F)c4c3C(F)(F)[C@@H]3C[C@H]43)ccc(Cl)c12)S(C)(=O)=O. The van der Waals surface area contributed by atoms with Gasteiger partial charge in [-0.3, -0.25) is 23.7 Å². The molecular formula is C44H38ClF10N7O8S2. The van der Waals surface area contributed by atoms with Crippen LogP contribution in [0.25, 0.3) is 22.0 Å². The van der Waals surface area contributed by atoms with Crippen LogP contribution in [0.15, 0.2) is 42.5 Å². The molecule has 0 aliphatic heterocycles. The van der Waals surface area contributed by atoms with E-state index < -0.39 is 172 Å². The molecule has 28 heteroatoms. The molecule has 1 saturated carbocycles. The van der Waals surface area contributed by atoms with Crippen molar-refractivity contribution in [3.63, 3.8) is 0 Å². The maximum atomic E-state index is 15.6. The summed E-state index contributed by atoms with van der Waals surface area (Å²) in [5.41, 5.74) is -6.14. The van der Waals surface area contributed by atoms with Crippen molar-refractivity contribution in [1.82, 2.24) is 29.9 Å². The summed E-state index contributed by atoms with van der Waals surface area (Å²) in [6.45, 7) is 0.126. The predicted octanol–water partition coefficient (Wildman–Crippen LogP) is 7.69. The van der Waals surface area contributed by atoms with Crippen LogP contribution in [0.1, 0.15) is 79.5 Å². The Balaban J connectivity index is 1.50. The highest BCUT2D eigenvalue weighted by atomic mass is 35.5. The van der Waals surface area contributed by atoms with Crippen molar-refractivity contribution in [1.29, 1.82) is 0 Å².